The number of hydrogen-bond donors (Lipinski definition) is 1. The maximum absolute atomic E-state index is 11.7. The summed E-state index contributed by atoms with van der Waals surface area (Å²) in [5.41, 5.74) is 3.20. The summed E-state index contributed by atoms with van der Waals surface area (Å²) in [6.45, 7) is 0. The number of sulfone groups is 1. The third-order valence-corrected chi connectivity index (χ3v) is 5.44. The van der Waals surface area contributed by atoms with Gasteiger partial charge < -0.3 is 5.11 Å². The van der Waals surface area contributed by atoms with Crippen molar-refractivity contribution in [2.75, 3.05) is 6.26 Å². The number of carbonyl (C=O) groups is 1. The predicted molar refractivity (Wildman–Crippen MR) is 102 cm³/mol. The van der Waals surface area contributed by atoms with E-state index < -0.39 is 15.8 Å². The van der Waals surface area contributed by atoms with E-state index in [1.54, 1.807) is 24.3 Å². The van der Waals surface area contributed by atoms with Gasteiger partial charge in [0, 0.05) is 16.8 Å². The van der Waals surface area contributed by atoms with E-state index in [9.17, 15) is 13.2 Å². The van der Waals surface area contributed by atoms with Crippen molar-refractivity contribution in [3.63, 3.8) is 0 Å². The summed E-state index contributed by atoms with van der Waals surface area (Å²) in [6, 6.07) is 18.6. The Hall–Kier alpha value is -2.63. The first-order valence-corrected chi connectivity index (χ1v) is 9.96. The largest absolute Gasteiger partial charge is 0.478 e. The zero-order valence-corrected chi connectivity index (χ0v) is 15.4. The second-order valence-electron chi connectivity index (χ2n) is 5.88. The molecule has 0 atom stereocenters. The molecule has 0 amide bonds. The lowest BCUT2D eigenvalue weighted by Gasteiger charge is -2.09. The number of hydrogen-bond acceptors (Lipinski definition) is 3. The lowest BCUT2D eigenvalue weighted by molar-refractivity contribution is 0.0697. The van der Waals surface area contributed by atoms with E-state index >= 15 is 0 Å². The first-order chi connectivity index (χ1) is 12.3. The molecule has 6 heteroatoms. The Kier molecular flexibility index (Phi) is 4.85. The molecule has 0 aromatic heterocycles. The van der Waals surface area contributed by atoms with Crippen LogP contribution in [0.5, 0.6) is 0 Å². The molecule has 0 aliphatic rings. The Labute approximate surface area is 156 Å². The van der Waals surface area contributed by atoms with E-state index in [4.69, 9.17) is 16.7 Å². The lowest BCUT2D eigenvalue weighted by atomic mass is 9.99. The summed E-state index contributed by atoms with van der Waals surface area (Å²) in [4.78, 5) is 11.4. The summed E-state index contributed by atoms with van der Waals surface area (Å²) in [5.74, 6) is -1.02. The molecule has 132 valence electrons. The number of aromatic carboxylic acids is 1. The number of benzene rings is 3. The molecule has 3 aromatic rings. The third kappa shape index (κ3) is 3.79. The van der Waals surface area contributed by atoms with Crippen LogP contribution in [0.3, 0.4) is 0 Å². The lowest BCUT2D eigenvalue weighted by Crippen LogP contribution is -1.97. The van der Waals surface area contributed by atoms with Crippen molar-refractivity contribution in [2.45, 2.75) is 4.90 Å². The van der Waals surface area contributed by atoms with Crippen molar-refractivity contribution in [1.82, 2.24) is 0 Å². The SMILES string of the molecule is CS(=O)(=O)c1cccc(-c2ccc(-c3cc(C(=O)O)ccc3Cl)cc2)c1. The number of carboxylic acid groups (broad SMARTS) is 1. The van der Waals surface area contributed by atoms with Gasteiger partial charge in [0.2, 0.25) is 0 Å². The standard InChI is InChI=1S/C20H15ClO4S/c1-26(24,25)17-4-2-3-15(11-17)13-5-7-14(8-6-13)18-12-16(20(22)23)9-10-19(18)21/h2-12H,1H3,(H,22,23). The Morgan fingerprint density at radius 1 is 0.885 bits per heavy atom. The van der Waals surface area contributed by atoms with Crippen LogP contribution in [-0.2, 0) is 9.84 Å². The topological polar surface area (TPSA) is 71.4 Å². The van der Waals surface area contributed by atoms with Crippen molar-refractivity contribution in [1.29, 1.82) is 0 Å². The molecule has 0 saturated carbocycles. The second-order valence-corrected chi connectivity index (χ2v) is 8.30. The fraction of sp³-hybridized carbons (Fsp3) is 0.0500. The predicted octanol–water partition coefficient (Wildman–Crippen LogP) is 4.78. The highest BCUT2D eigenvalue weighted by Gasteiger charge is 2.11. The van der Waals surface area contributed by atoms with Crippen LogP contribution in [0.15, 0.2) is 71.6 Å². The number of rotatable bonds is 4. The van der Waals surface area contributed by atoms with Gasteiger partial charge in [0.1, 0.15) is 0 Å². The van der Waals surface area contributed by atoms with Gasteiger partial charge in [0.15, 0.2) is 9.84 Å². The molecule has 0 unspecified atom stereocenters. The van der Waals surface area contributed by atoms with Crippen molar-refractivity contribution in [3.8, 4) is 22.3 Å². The van der Waals surface area contributed by atoms with Gasteiger partial charge in [-0.1, -0.05) is 48.0 Å². The average Bonchev–Trinajstić information content (AvgIpc) is 2.61. The van der Waals surface area contributed by atoms with Crippen LogP contribution < -0.4 is 0 Å². The fourth-order valence-corrected chi connectivity index (χ4v) is 3.52. The summed E-state index contributed by atoms with van der Waals surface area (Å²) in [6.07, 6.45) is 1.17. The van der Waals surface area contributed by atoms with Crippen LogP contribution in [-0.4, -0.2) is 25.7 Å². The Balaban J connectivity index is 2.00. The summed E-state index contributed by atoms with van der Waals surface area (Å²) >= 11 is 6.20. The van der Waals surface area contributed by atoms with Gasteiger partial charge in [-0.2, -0.15) is 0 Å². The van der Waals surface area contributed by atoms with Gasteiger partial charge in [-0.25, -0.2) is 13.2 Å². The molecule has 0 fully saturated rings. The fourth-order valence-electron chi connectivity index (χ4n) is 2.63. The molecule has 0 heterocycles. The van der Waals surface area contributed by atoms with E-state index in [1.807, 2.05) is 30.3 Å². The second kappa shape index (κ2) is 6.94. The van der Waals surface area contributed by atoms with Crippen molar-refractivity contribution in [3.05, 3.63) is 77.3 Å². The van der Waals surface area contributed by atoms with Gasteiger partial charge in [-0.15, -0.1) is 0 Å². The monoisotopic (exact) mass is 386 g/mol. The maximum atomic E-state index is 11.7. The quantitative estimate of drug-likeness (QED) is 0.700. The minimum atomic E-state index is -3.28. The molecular formula is C20H15ClO4S. The molecule has 0 spiro atoms. The Morgan fingerprint density at radius 3 is 2.15 bits per heavy atom. The minimum absolute atomic E-state index is 0.161. The van der Waals surface area contributed by atoms with Crippen LogP contribution >= 0.6 is 11.6 Å². The van der Waals surface area contributed by atoms with Crippen molar-refractivity contribution in [2.24, 2.45) is 0 Å². The summed E-state index contributed by atoms with van der Waals surface area (Å²) in [5, 5.41) is 9.60. The summed E-state index contributed by atoms with van der Waals surface area (Å²) < 4.78 is 23.4. The molecule has 26 heavy (non-hydrogen) atoms. The Bertz CT molecular complexity index is 1090. The molecule has 1 N–H and O–H groups in total. The van der Waals surface area contributed by atoms with Gasteiger partial charge >= 0.3 is 5.97 Å². The van der Waals surface area contributed by atoms with Crippen molar-refractivity contribution >= 4 is 27.4 Å². The van der Waals surface area contributed by atoms with E-state index in [2.05, 4.69) is 0 Å². The average molecular weight is 387 g/mol. The van der Waals surface area contributed by atoms with E-state index in [0.29, 0.717) is 10.6 Å². The normalized spacial score (nSPS) is 11.3. The molecule has 0 aliphatic carbocycles. The molecular weight excluding hydrogens is 372 g/mol. The van der Waals surface area contributed by atoms with Gasteiger partial charge in [-0.3, -0.25) is 0 Å². The van der Waals surface area contributed by atoms with E-state index in [1.165, 1.54) is 18.4 Å². The first kappa shape index (κ1) is 18.2. The molecule has 0 aliphatic heterocycles. The number of carboxylic acids is 1. The van der Waals surface area contributed by atoms with Crippen LogP contribution in [0.1, 0.15) is 10.4 Å². The zero-order valence-electron chi connectivity index (χ0n) is 13.8. The van der Waals surface area contributed by atoms with E-state index in [0.717, 1.165) is 16.7 Å². The molecule has 4 nitrogen and oxygen atoms in total. The molecule has 0 saturated heterocycles. The Morgan fingerprint density at radius 2 is 1.54 bits per heavy atom. The maximum Gasteiger partial charge on any atom is 0.335 e. The van der Waals surface area contributed by atoms with Gasteiger partial charge in [0.25, 0.3) is 0 Å². The smallest absolute Gasteiger partial charge is 0.335 e. The highest BCUT2D eigenvalue weighted by Crippen LogP contribution is 2.31. The summed E-state index contributed by atoms with van der Waals surface area (Å²) in [7, 11) is -3.28. The van der Waals surface area contributed by atoms with Gasteiger partial charge in [0.05, 0.1) is 10.5 Å². The molecule has 3 aromatic carbocycles. The van der Waals surface area contributed by atoms with Crippen molar-refractivity contribution < 1.29 is 18.3 Å². The van der Waals surface area contributed by atoms with E-state index in [-0.39, 0.29) is 10.5 Å². The molecule has 3 rings (SSSR count). The van der Waals surface area contributed by atoms with Crippen LogP contribution in [0.25, 0.3) is 22.3 Å². The molecule has 0 radical (unpaired) electrons. The van der Waals surface area contributed by atoms with Crippen LogP contribution in [0.2, 0.25) is 5.02 Å². The zero-order chi connectivity index (χ0) is 18.9. The van der Waals surface area contributed by atoms with Gasteiger partial charge in [-0.05, 0) is 47.0 Å². The van der Waals surface area contributed by atoms with Crippen LogP contribution in [0, 0.1) is 0 Å². The highest BCUT2D eigenvalue weighted by molar-refractivity contribution is 7.90. The molecule has 0 bridgehead atoms. The third-order valence-electron chi connectivity index (χ3n) is 4.00. The van der Waals surface area contributed by atoms with Crippen LogP contribution in [0.4, 0.5) is 0 Å². The first-order valence-electron chi connectivity index (χ1n) is 7.69. The minimum Gasteiger partial charge on any atom is -0.478 e. The highest BCUT2D eigenvalue weighted by atomic mass is 35.5. The number of halogens is 1.